The van der Waals surface area contributed by atoms with Crippen molar-refractivity contribution >= 4 is 11.7 Å². The minimum atomic E-state index is -0.343. The highest BCUT2D eigenvalue weighted by Crippen LogP contribution is 2.21. The Hall–Kier alpha value is -1.62. The number of amides is 2. The highest BCUT2D eigenvalue weighted by molar-refractivity contribution is 5.92. The Labute approximate surface area is 106 Å². The smallest absolute Gasteiger partial charge is 0.322 e. The summed E-state index contributed by atoms with van der Waals surface area (Å²) in [4.78, 5) is 13.6. The second-order valence-electron chi connectivity index (χ2n) is 4.50. The standard InChI is InChI=1S/C13H18FN3O/c14-10-3-1-4-12(9-10)17(8-2-7-15)13(18)16-11-5-6-11/h1,3-4,9,11H,2,5-8,15H2,(H,16,18). The molecule has 4 nitrogen and oxygen atoms in total. The van der Waals surface area contributed by atoms with E-state index in [0.29, 0.717) is 25.2 Å². The van der Waals surface area contributed by atoms with Crippen LogP contribution in [-0.2, 0) is 0 Å². The third-order valence-corrected chi connectivity index (χ3v) is 2.86. The summed E-state index contributed by atoms with van der Waals surface area (Å²) in [6.45, 7) is 1.00. The van der Waals surface area contributed by atoms with Gasteiger partial charge in [-0.1, -0.05) is 6.07 Å². The van der Waals surface area contributed by atoms with Crippen LogP contribution in [0.15, 0.2) is 24.3 Å². The fourth-order valence-electron chi connectivity index (χ4n) is 1.72. The molecule has 98 valence electrons. The summed E-state index contributed by atoms with van der Waals surface area (Å²) in [5.41, 5.74) is 6.04. The molecule has 0 heterocycles. The predicted molar refractivity (Wildman–Crippen MR) is 69.0 cm³/mol. The molecule has 1 aliphatic carbocycles. The first-order chi connectivity index (χ1) is 8.70. The fourth-order valence-corrected chi connectivity index (χ4v) is 1.72. The molecular formula is C13H18FN3O. The molecule has 1 aromatic rings. The SMILES string of the molecule is NCCCN(C(=O)NC1CC1)c1cccc(F)c1. The van der Waals surface area contributed by atoms with E-state index in [2.05, 4.69) is 5.32 Å². The molecule has 0 unspecified atom stereocenters. The number of urea groups is 1. The molecule has 2 rings (SSSR count). The number of anilines is 1. The van der Waals surface area contributed by atoms with Crippen LogP contribution in [0.3, 0.4) is 0 Å². The van der Waals surface area contributed by atoms with Crippen molar-refractivity contribution in [1.29, 1.82) is 0 Å². The maximum atomic E-state index is 13.2. The van der Waals surface area contributed by atoms with E-state index in [1.165, 1.54) is 12.1 Å². The van der Waals surface area contributed by atoms with Gasteiger partial charge in [0.2, 0.25) is 0 Å². The maximum absolute atomic E-state index is 13.2. The van der Waals surface area contributed by atoms with E-state index >= 15 is 0 Å². The quantitative estimate of drug-likeness (QED) is 0.839. The average Bonchev–Trinajstić information content (AvgIpc) is 3.13. The molecule has 0 radical (unpaired) electrons. The Balaban J connectivity index is 2.09. The maximum Gasteiger partial charge on any atom is 0.322 e. The summed E-state index contributed by atoms with van der Waals surface area (Å²) < 4.78 is 13.2. The van der Waals surface area contributed by atoms with E-state index in [4.69, 9.17) is 5.73 Å². The number of benzene rings is 1. The van der Waals surface area contributed by atoms with E-state index in [0.717, 1.165) is 12.8 Å². The number of nitrogens with zero attached hydrogens (tertiary/aromatic N) is 1. The molecule has 5 heteroatoms. The second-order valence-corrected chi connectivity index (χ2v) is 4.50. The third-order valence-electron chi connectivity index (χ3n) is 2.86. The summed E-state index contributed by atoms with van der Waals surface area (Å²) in [5.74, 6) is -0.343. The van der Waals surface area contributed by atoms with Crippen LogP contribution in [0.4, 0.5) is 14.9 Å². The van der Waals surface area contributed by atoms with Gasteiger partial charge in [-0.15, -0.1) is 0 Å². The lowest BCUT2D eigenvalue weighted by atomic mass is 10.2. The predicted octanol–water partition coefficient (Wildman–Crippen LogP) is 1.85. The van der Waals surface area contributed by atoms with Crippen LogP contribution in [0.5, 0.6) is 0 Å². The van der Waals surface area contributed by atoms with Crippen molar-refractivity contribution < 1.29 is 9.18 Å². The average molecular weight is 251 g/mol. The van der Waals surface area contributed by atoms with Crippen LogP contribution in [0.25, 0.3) is 0 Å². The fraction of sp³-hybridized carbons (Fsp3) is 0.462. The second kappa shape index (κ2) is 5.82. The number of carbonyl (C=O) groups is 1. The lowest BCUT2D eigenvalue weighted by Gasteiger charge is -2.23. The summed E-state index contributed by atoms with van der Waals surface area (Å²) in [6, 6.07) is 6.17. The van der Waals surface area contributed by atoms with Crippen molar-refractivity contribution in [2.24, 2.45) is 5.73 Å². The Morgan fingerprint density at radius 3 is 2.89 bits per heavy atom. The molecule has 1 aliphatic rings. The minimum Gasteiger partial charge on any atom is -0.335 e. The van der Waals surface area contributed by atoms with Crippen LogP contribution < -0.4 is 16.0 Å². The van der Waals surface area contributed by atoms with E-state index in [1.54, 1.807) is 17.0 Å². The van der Waals surface area contributed by atoms with Crippen molar-refractivity contribution in [3.05, 3.63) is 30.1 Å². The molecule has 18 heavy (non-hydrogen) atoms. The van der Waals surface area contributed by atoms with Crippen LogP contribution in [-0.4, -0.2) is 25.2 Å². The number of hydrogen-bond acceptors (Lipinski definition) is 2. The molecule has 0 atom stereocenters. The Morgan fingerprint density at radius 2 is 2.28 bits per heavy atom. The molecule has 0 aromatic heterocycles. The summed E-state index contributed by atoms with van der Waals surface area (Å²) in [7, 11) is 0. The van der Waals surface area contributed by atoms with Crippen LogP contribution in [0.2, 0.25) is 0 Å². The zero-order valence-corrected chi connectivity index (χ0v) is 10.2. The van der Waals surface area contributed by atoms with Crippen molar-refractivity contribution in [2.45, 2.75) is 25.3 Å². The summed E-state index contributed by atoms with van der Waals surface area (Å²) in [6.07, 6.45) is 2.74. The van der Waals surface area contributed by atoms with Gasteiger partial charge in [-0.3, -0.25) is 4.90 Å². The van der Waals surface area contributed by atoms with Crippen molar-refractivity contribution in [2.75, 3.05) is 18.0 Å². The number of nitrogens with one attached hydrogen (secondary N) is 1. The first-order valence-electron chi connectivity index (χ1n) is 6.24. The molecule has 1 fully saturated rings. The van der Waals surface area contributed by atoms with Gasteiger partial charge in [0.1, 0.15) is 5.82 Å². The molecule has 0 bridgehead atoms. The zero-order chi connectivity index (χ0) is 13.0. The molecule has 0 aliphatic heterocycles. The highest BCUT2D eigenvalue weighted by atomic mass is 19.1. The number of rotatable bonds is 5. The van der Waals surface area contributed by atoms with Crippen LogP contribution >= 0.6 is 0 Å². The summed E-state index contributed by atoms with van der Waals surface area (Å²) in [5, 5.41) is 2.90. The molecule has 3 N–H and O–H groups in total. The van der Waals surface area contributed by atoms with Gasteiger partial charge < -0.3 is 11.1 Å². The van der Waals surface area contributed by atoms with Gasteiger partial charge in [-0.25, -0.2) is 9.18 Å². The minimum absolute atomic E-state index is 0.170. The molecule has 2 amide bonds. The van der Waals surface area contributed by atoms with Crippen molar-refractivity contribution in [3.63, 3.8) is 0 Å². The van der Waals surface area contributed by atoms with E-state index in [1.807, 2.05) is 0 Å². The number of carbonyl (C=O) groups excluding carboxylic acids is 1. The lowest BCUT2D eigenvalue weighted by Crippen LogP contribution is -2.42. The number of nitrogens with two attached hydrogens (primary N) is 1. The molecule has 1 saturated carbocycles. The van der Waals surface area contributed by atoms with Gasteiger partial charge in [-0.05, 0) is 44.0 Å². The molecule has 0 spiro atoms. The Bertz CT molecular complexity index is 420. The molecule has 0 saturated heterocycles. The number of halogens is 1. The van der Waals surface area contributed by atoms with E-state index in [9.17, 15) is 9.18 Å². The van der Waals surface area contributed by atoms with Gasteiger partial charge in [0, 0.05) is 18.3 Å². The van der Waals surface area contributed by atoms with Gasteiger partial charge in [0.15, 0.2) is 0 Å². The van der Waals surface area contributed by atoms with E-state index in [-0.39, 0.29) is 17.9 Å². The summed E-state index contributed by atoms with van der Waals surface area (Å²) >= 11 is 0. The molecule has 1 aromatic carbocycles. The monoisotopic (exact) mass is 251 g/mol. The van der Waals surface area contributed by atoms with Gasteiger partial charge in [0.05, 0.1) is 0 Å². The third kappa shape index (κ3) is 3.43. The van der Waals surface area contributed by atoms with Crippen molar-refractivity contribution in [3.8, 4) is 0 Å². The van der Waals surface area contributed by atoms with Crippen LogP contribution in [0.1, 0.15) is 19.3 Å². The van der Waals surface area contributed by atoms with Crippen molar-refractivity contribution in [1.82, 2.24) is 5.32 Å². The first-order valence-corrected chi connectivity index (χ1v) is 6.24. The Kier molecular flexibility index (Phi) is 4.15. The topological polar surface area (TPSA) is 58.4 Å². The number of hydrogen-bond donors (Lipinski definition) is 2. The first kappa shape index (κ1) is 12.8. The van der Waals surface area contributed by atoms with Gasteiger partial charge in [0.25, 0.3) is 0 Å². The van der Waals surface area contributed by atoms with Gasteiger partial charge in [-0.2, -0.15) is 0 Å². The Morgan fingerprint density at radius 1 is 1.50 bits per heavy atom. The largest absolute Gasteiger partial charge is 0.335 e. The zero-order valence-electron chi connectivity index (χ0n) is 10.2. The van der Waals surface area contributed by atoms with Gasteiger partial charge >= 0.3 is 6.03 Å². The molecular weight excluding hydrogens is 233 g/mol. The van der Waals surface area contributed by atoms with Crippen LogP contribution in [0, 0.1) is 5.82 Å². The normalized spacial score (nSPS) is 14.3. The lowest BCUT2D eigenvalue weighted by molar-refractivity contribution is 0.246. The van der Waals surface area contributed by atoms with E-state index < -0.39 is 0 Å². The highest BCUT2D eigenvalue weighted by Gasteiger charge is 2.26.